The number of carbonyl (C=O) groups excluding carboxylic acids is 2. The molecule has 4 rings (SSSR count). The number of nitrogens with zero attached hydrogens (tertiary/aromatic N) is 1. The molecule has 1 atom stereocenters. The van der Waals surface area contributed by atoms with Crippen molar-refractivity contribution in [2.45, 2.75) is 25.4 Å². The van der Waals surface area contributed by atoms with E-state index in [9.17, 15) is 9.59 Å². The quantitative estimate of drug-likeness (QED) is 0.689. The molecular formula is C23H22N2O3. The first-order valence-corrected chi connectivity index (χ1v) is 9.24. The van der Waals surface area contributed by atoms with Crippen molar-refractivity contribution in [1.29, 1.82) is 0 Å². The van der Waals surface area contributed by atoms with Crippen LogP contribution in [0.2, 0.25) is 0 Å². The van der Waals surface area contributed by atoms with E-state index in [1.165, 1.54) is 4.90 Å². The van der Waals surface area contributed by atoms with Gasteiger partial charge >= 0.3 is 6.03 Å². The number of hydrogen-bond donors (Lipinski definition) is 1. The lowest BCUT2D eigenvalue weighted by Crippen LogP contribution is -2.46. The maximum atomic E-state index is 13.2. The fourth-order valence-corrected chi connectivity index (χ4v) is 3.84. The first-order valence-electron chi connectivity index (χ1n) is 9.24. The number of hydrogen-bond acceptors (Lipinski definition) is 3. The summed E-state index contributed by atoms with van der Waals surface area (Å²) >= 11 is 0. The van der Waals surface area contributed by atoms with E-state index in [4.69, 9.17) is 4.74 Å². The summed E-state index contributed by atoms with van der Waals surface area (Å²) in [7, 11) is 1.60. The van der Waals surface area contributed by atoms with Crippen LogP contribution in [-0.2, 0) is 17.8 Å². The number of nitrogens with one attached hydrogen (secondary N) is 1. The number of methoxy groups -OCH3 is 1. The maximum Gasteiger partial charge on any atom is 0.325 e. The lowest BCUT2D eigenvalue weighted by Gasteiger charge is -2.23. The van der Waals surface area contributed by atoms with Crippen LogP contribution in [0.25, 0.3) is 10.8 Å². The van der Waals surface area contributed by atoms with Crippen molar-refractivity contribution in [3.05, 3.63) is 77.9 Å². The predicted octanol–water partition coefficient (Wildman–Crippen LogP) is 3.90. The zero-order chi connectivity index (χ0) is 19.7. The third kappa shape index (κ3) is 3.09. The summed E-state index contributed by atoms with van der Waals surface area (Å²) in [6.45, 7) is 2.01. The Kier molecular flexibility index (Phi) is 4.51. The van der Waals surface area contributed by atoms with Crippen molar-refractivity contribution in [2.75, 3.05) is 7.11 Å². The van der Waals surface area contributed by atoms with E-state index < -0.39 is 5.54 Å². The number of amides is 3. The zero-order valence-corrected chi connectivity index (χ0v) is 15.9. The Morgan fingerprint density at radius 2 is 1.61 bits per heavy atom. The molecule has 1 aliphatic rings. The molecule has 0 aromatic heterocycles. The van der Waals surface area contributed by atoms with Gasteiger partial charge in [0, 0.05) is 6.42 Å². The van der Waals surface area contributed by atoms with E-state index in [0.717, 1.165) is 21.9 Å². The highest BCUT2D eigenvalue weighted by Crippen LogP contribution is 2.29. The number of ether oxygens (including phenoxy) is 1. The van der Waals surface area contributed by atoms with Crippen molar-refractivity contribution in [3.63, 3.8) is 0 Å². The minimum atomic E-state index is -1.00. The first kappa shape index (κ1) is 18.0. The number of benzene rings is 3. The highest BCUT2D eigenvalue weighted by Gasteiger charge is 2.48. The van der Waals surface area contributed by atoms with Crippen LogP contribution >= 0.6 is 0 Å². The van der Waals surface area contributed by atoms with Crippen molar-refractivity contribution in [1.82, 2.24) is 10.2 Å². The highest BCUT2D eigenvalue weighted by molar-refractivity contribution is 6.07. The number of fused-ring (bicyclic) bond motifs is 1. The SMILES string of the molecule is COc1ccccc1C[C@@]1(C)NC(=O)N(Cc2cccc3ccccc23)C1=O. The van der Waals surface area contributed by atoms with Crippen LogP contribution in [0.4, 0.5) is 4.79 Å². The summed E-state index contributed by atoms with van der Waals surface area (Å²) in [6.07, 6.45) is 0.369. The first-order chi connectivity index (χ1) is 13.5. The average Bonchev–Trinajstić information content (AvgIpc) is 2.91. The molecule has 3 aromatic rings. The molecule has 0 unspecified atom stereocenters. The van der Waals surface area contributed by atoms with Crippen molar-refractivity contribution < 1.29 is 14.3 Å². The monoisotopic (exact) mass is 374 g/mol. The van der Waals surface area contributed by atoms with E-state index >= 15 is 0 Å². The minimum Gasteiger partial charge on any atom is -0.496 e. The second kappa shape index (κ2) is 7.00. The molecule has 0 saturated carbocycles. The molecule has 1 heterocycles. The van der Waals surface area contributed by atoms with Gasteiger partial charge in [0.05, 0.1) is 13.7 Å². The van der Waals surface area contributed by atoms with Crippen LogP contribution in [-0.4, -0.2) is 29.5 Å². The largest absolute Gasteiger partial charge is 0.496 e. The minimum absolute atomic E-state index is 0.226. The molecule has 1 N–H and O–H groups in total. The Morgan fingerprint density at radius 1 is 0.929 bits per heavy atom. The fraction of sp³-hybridized carbons (Fsp3) is 0.217. The van der Waals surface area contributed by atoms with E-state index in [1.54, 1.807) is 14.0 Å². The summed E-state index contributed by atoms with van der Waals surface area (Å²) in [5.41, 5.74) is 0.826. The second-order valence-electron chi connectivity index (χ2n) is 7.28. The number of imide groups is 1. The van der Waals surface area contributed by atoms with Gasteiger partial charge in [0.2, 0.25) is 0 Å². The average molecular weight is 374 g/mol. The predicted molar refractivity (Wildman–Crippen MR) is 108 cm³/mol. The topological polar surface area (TPSA) is 58.6 Å². The number of para-hydroxylation sites is 1. The molecule has 1 saturated heterocycles. The molecule has 5 nitrogen and oxygen atoms in total. The highest BCUT2D eigenvalue weighted by atomic mass is 16.5. The Bertz CT molecular complexity index is 1060. The lowest BCUT2D eigenvalue weighted by atomic mass is 9.92. The van der Waals surface area contributed by atoms with Gasteiger partial charge in [-0.2, -0.15) is 0 Å². The molecule has 3 aromatic carbocycles. The van der Waals surface area contributed by atoms with E-state index in [-0.39, 0.29) is 18.5 Å². The number of urea groups is 1. The van der Waals surface area contributed by atoms with Gasteiger partial charge in [-0.3, -0.25) is 9.69 Å². The normalized spacial score (nSPS) is 19.1. The second-order valence-corrected chi connectivity index (χ2v) is 7.28. The third-order valence-electron chi connectivity index (χ3n) is 5.29. The fourth-order valence-electron chi connectivity index (χ4n) is 3.84. The van der Waals surface area contributed by atoms with Gasteiger partial charge in [-0.05, 0) is 34.9 Å². The molecule has 0 radical (unpaired) electrons. The van der Waals surface area contributed by atoms with Gasteiger partial charge in [-0.1, -0.05) is 60.7 Å². The molecule has 5 heteroatoms. The molecule has 3 amide bonds. The van der Waals surface area contributed by atoms with Crippen molar-refractivity contribution in [2.24, 2.45) is 0 Å². The van der Waals surface area contributed by atoms with Gasteiger partial charge < -0.3 is 10.1 Å². The van der Waals surface area contributed by atoms with Crippen LogP contribution in [0.3, 0.4) is 0 Å². The molecular weight excluding hydrogens is 352 g/mol. The van der Waals surface area contributed by atoms with Crippen LogP contribution in [0.15, 0.2) is 66.7 Å². The maximum absolute atomic E-state index is 13.2. The molecule has 1 fully saturated rings. The van der Waals surface area contributed by atoms with Crippen molar-refractivity contribution >= 4 is 22.7 Å². The zero-order valence-electron chi connectivity index (χ0n) is 15.9. The van der Waals surface area contributed by atoms with Crippen LogP contribution in [0, 0.1) is 0 Å². The van der Waals surface area contributed by atoms with Gasteiger partial charge in [-0.25, -0.2) is 4.79 Å². The standard InChI is InChI=1S/C23H22N2O3/c1-23(14-17-9-4-6-13-20(17)28-2)21(26)25(22(27)24-23)15-18-11-7-10-16-8-3-5-12-19(16)18/h3-13H,14-15H2,1-2H3,(H,24,27)/t23-/m1/s1. The molecule has 0 aliphatic carbocycles. The Labute approximate surface area is 163 Å². The Balaban J connectivity index is 1.62. The number of rotatable bonds is 5. The molecule has 142 valence electrons. The summed E-state index contributed by atoms with van der Waals surface area (Å²) in [5, 5.41) is 5.01. The van der Waals surface area contributed by atoms with Crippen LogP contribution in [0.1, 0.15) is 18.1 Å². The van der Waals surface area contributed by atoms with E-state index in [0.29, 0.717) is 12.2 Å². The van der Waals surface area contributed by atoms with Gasteiger partial charge in [0.15, 0.2) is 0 Å². The smallest absolute Gasteiger partial charge is 0.325 e. The molecule has 0 spiro atoms. The van der Waals surface area contributed by atoms with Gasteiger partial charge in [0.25, 0.3) is 5.91 Å². The lowest BCUT2D eigenvalue weighted by molar-refractivity contribution is -0.131. The Hall–Kier alpha value is -3.34. The molecule has 28 heavy (non-hydrogen) atoms. The summed E-state index contributed by atoms with van der Waals surface area (Å²) < 4.78 is 5.40. The summed E-state index contributed by atoms with van der Waals surface area (Å²) in [6, 6.07) is 21.1. The Morgan fingerprint density at radius 3 is 2.43 bits per heavy atom. The number of carbonyl (C=O) groups is 2. The summed E-state index contributed by atoms with van der Waals surface area (Å²) in [4.78, 5) is 27.1. The molecule has 1 aliphatic heterocycles. The van der Waals surface area contributed by atoms with Crippen LogP contribution in [0.5, 0.6) is 5.75 Å². The van der Waals surface area contributed by atoms with Crippen molar-refractivity contribution in [3.8, 4) is 5.75 Å². The summed E-state index contributed by atoms with van der Waals surface area (Å²) in [5.74, 6) is 0.481. The van der Waals surface area contributed by atoms with E-state index in [2.05, 4.69) is 5.32 Å². The van der Waals surface area contributed by atoms with Gasteiger partial charge in [0.1, 0.15) is 11.3 Å². The van der Waals surface area contributed by atoms with Crippen LogP contribution < -0.4 is 10.1 Å². The molecule has 0 bridgehead atoms. The van der Waals surface area contributed by atoms with Gasteiger partial charge in [-0.15, -0.1) is 0 Å². The third-order valence-corrected chi connectivity index (χ3v) is 5.29. The van der Waals surface area contributed by atoms with E-state index in [1.807, 2.05) is 66.7 Å².